The molecule has 0 aromatic heterocycles. The molecule has 1 N–H and O–H groups in total. The molecule has 21 heavy (non-hydrogen) atoms. The highest BCUT2D eigenvalue weighted by atomic mass is 16.3. The third-order valence-corrected chi connectivity index (χ3v) is 3.53. The quantitative estimate of drug-likeness (QED) is 0.628. The molecule has 1 aromatic rings. The van der Waals surface area contributed by atoms with Crippen LogP contribution in [0, 0.1) is 4.91 Å². The molecule has 2 heterocycles. The fourth-order valence-electron chi connectivity index (χ4n) is 2.52. The van der Waals surface area contributed by atoms with Gasteiger partial charge in [-0.2, -0.15) is 0 Å². The summed E-state index contributed by atoms with van der Waals surface area (Å²) in [6.45, 7) is 0. The maximum absolute atomic E-state index is 12.3. The number of piperidine rings is 1. The van der Waals surface area contributed by atoms with Gasteiger partial charge in [-0.25, -0.2) is 0 Å². The number of hydrogen-bond acceptors (Lipinski definition) is 6. The zero-order valence-corrected chi connectivity index (χ0v) is 10.7. The number of carbonyl (C=O) groups excluding carboxylic acids is 4. The Labute approximate surface area is 118 Å². The summed E-state index contributed by atoms with van der Waals surface area (Å²) >= 11 is 0. The molecular formula is C13H9N3O5. The van der Waals surface area contributed by atoms with Crippen LogP contribution in [0.4, 0.5) is 5.69 Å². The Kier molecular flexibility index (Phi) is 2.86. The van der Waals surface area contributed by atoms with Gasteiger partial charge >= 0.3 is 0 Å². The van der Waals surface area contributed by atoms with Crippen LogP contribution < -0.4 is 5.32 Å². The van der Waals surface area contributed by atoms with Crippen molar-refractivity contribution in [3.05, 3.63) is 34.2 Å². The fourth-order valence-corrected chi connectivity index (χ4v) is 2.52. The molecule has 106 valence electrons. The van der Waals surface area contributed by atoms with E-state index >= 15 is 0 Å². The van der Waals surface area contributed by atoms with Crippen molar-refractivity contribution in [2.24, 2.45) is 5.18 Å². The average Bonchev–Trinajstić information content (AvgIpc) is 2.71. The molecule has 0 bridgehead atoms. The van der Waals surface area contributed by atoms with Crippen LogP contribution in [0.3, 0.4) is 0 Å². The van der Waals surface area contributed by atoms with Gasteiger partial charge in [0.1, 0.15) is 11.7 Å². The minimum absolute atomic E-state index is 0.0278. The standard InChI is InChI=1S/C13H9N3O5/c17-10-4-3-9(11(18)14-10)16-12(19)7-2-1-6(15-21)5-8(7)13(16)20/h1-2,5,9H,3-4H2,(H,14,17,18). The van der Waals surface area contributed by atoms with Gasteiger partial charge < -0.3 is 0 Å². The predicted molar refractivity (Wildman–Crippen MR) is 68.6 cm³/mol. The van der Waals surface area contributed by atoms with Gasteiger partial charge in [0.25, 0.3) is 11.8 Å². The minimum Gasteiger partial charge on any atom is -0.295 e. The molecule has 1 unspecified atom stereocenters. The number of carbonyl (C=O) groups is 4. The lowest BCUT2D eigenvalue weighted by Crippen LogP contribution is -2.54. The topological polar surface area (TPSA) is 113 Å². The first-order valence-corrected chi connectivity index (χ1v) is 6.22. The van der Waals surface area contributed by atoms with E-state index < -0.39 is 29.7 Å². The predicted octanol–water partition coefficient (Wildman–Crippen LogP) is 0.486. The van der Waals surface area contributed by atoms with Crippen LogP contribution in [-0.2, 0) is 9.59 Å². The van der Waals surface area contributed by atoms with E-state index in [0.29, 0.717) is 0 Å². The summed E-state index contributed by atoms with van der Waals surface area (Å²) in [5.74, 6) is -2.37. The van der Waals surface area contributed by atoms with Gasteiger partial charge in [-0.3, -0.25) is 29.4 Å². The summed E-state index contributed by atoms with van der Waals surface area (Å²) in [7, 11) is 0. The highest BCUT2D eigenvalue weighted by molar-refractivity contribution is 6.23. The largest absolute Gasteiger partial charge is 0.295 e. The molecule has 0 saturated carbocycles. The van der Waals surface area contributed by atoms with Crippen molar-refractivity contribution < 1.29 is 19.2 Å². The second-order valence-electron chi connectivity index (χ2n) is 4.77. The van der Waals surface area contributed by atoms with E-state index in [1.165, 1.54) is 18.2 Å². The summed E-state index contributed by atoms with van der Waals surface area (Å²) in [6, 6.07) is 2.86. The van der Waals surface area contributed by atoms with Crippen LogP contribution in [0.5, 0.6) is 0 Å². The molecule has 8 nitrogen and oxygen atoms in total. The van der Waals surface area contributed by atoms with Crippen molar-refractivity contribution in [1.29, 1.82) is 0 Å². The van der Waals surface area contributed by atoms with E-state index in [1.54, 1.807) is 0 Å². The van der Waals surface area contributed by atoms with Crippen LogP contribution in [0.2, 0.25) is 0 Å². The van der Waals surface area contributed by atoms with Crippen molar-refractivity contribution in [2.75, 3.05) is 0 Å². The monoisotopic (exact) mass is 287 g/mol. The lowest BCUT2D eigenvalue weighted by atomic mass is 10.0. The van der Waals surface area contributed by atoms with Crippen LogP contribution in [-0.4, -0.2) is 34.6 Å². The van der Waals surface area contributed by atoms with E-state index in [4.69, 9.17) is 0 Å². The molecule has 1 atom stereocenters. The van der Waals surface area contributed by atoms with Crippen LogP contribution in [0.15, 0.2) is 23.4 Å². The first-order valence-electron chi connectivity index (χ1n) is 6.22. The number of benzene rings is 1. The Hall–Kier alpha value is -2.90. The smallest absolute Gasteiger partial charge is 0.262 e. The molecule has 8 heteroatoms. The normalized spacial score (nSPS) is 21.3. The summed E-state index contributed by atoms with van der Waals surface area (Å²) < 4.78 is 0. The SMILES string of the molecule is O=Nc1ccc2c(c1)C(=O)N(C1CCC(=O)NC1=O)C2=O. The average molecular weight is 287 g/mol. The van der Waals surface area contributed by atoms with Gasteiger partial charge in [-0.1, -0.05) is 0 Å². The molecule has 0 radical (unpaired) electrons. The molecule has 0 spiro atoms. The van der Waals surface area contributed by atoms with Crippen molar-refractivity contribution in [3.63, 3.8) is 0 Å². The number of nitroso groups, excluding NO2 is 1. The van der Waals surface area contributed by atoms with Crippen LogP contribution >= 0.6 is 0 Å². The fraction of sp³-hybridized carbons (Fsp3) is 0.231. The van der Waals surface area contributed by atoms with Gasteiger partial charge in [0, 0.05) is 6.42 Å². The van der Waals surface area contributed by atoms with Gasteiger partial charge in [0.15, 0.2) is 0 Å². The molecule has 2 aliphatic rings. The number of hydrogen-bond donors (Lipinski definition) is 1. The van der Waals surface area contributed by atoms with Crippen molar-refractivity contribution in [3.8, 4) is 0 Å². The van der Waals surface area contributed by atoms with Crippen molar-refractivity contribution in [1.82, 2.24) is 10.2 Å². The first kappa shape index (κ1) is 13.1. The minimum atomic E-state index is -1.01. The number of fused-ring (bicyclic) bond motifs is 1. The molecule has 1 aromatic carbocycles. The third-order valence-electron chi connectivity index (χ3n) is 3.53. The van der Waals surface area contributed by atoms with Crippen molar-refractivity contribution in [2.45, 2.75) is 18.9 Å². The number of nitrogens with one attached hydrogen (secondary N) is 1. The zero-order valence-electron chi connectivity index (χ0n) is 10.7. The third kappa shape index (κ3) is 1.92. The first-order chi connectivity index (χ1) is 10.0. The molecule has 1 saturated heterocycles. The summed E-state index contributed by atoms with van der Waals surface area (Å²) in [4.78, 5) is 58.8. The molecule has 3 rings (SSSR count). The summed E-state index contributed by atoms with van der Waals surface area (Å²) in [6.07, 6.45) is 0.153. The van der Waals surface area contributed by atoms with E-state index in [1.807, 2.05) is 0 Å². The van der Waals surface area contributed by atoms with Crippen LogP contribution in [0.25, 0.3) is 0 Å². The Morgan fingerprint density at radius 1 is 1.10 bits per heavy atom. The lowest BCUT2D eigenvalue weighted by molar-refractivity contribution is -0.136. The lowest BCUT2D eigenvalue weighted by Gasteiger charge is -2.27. The highest BCUT2D eigenvalue weighted by Gasteiger charge is 2.44. The van der Waals surface area contributed by atoms with Gasteiger partial charge in [-0.15, -0.1) is 4.91 Å². The molecule has 4 amide bonds. The summed E-state index contributed by atoms with van der Waals surface area (Å²) in [5.41, 5.74) is 0.193. The Morgan fingerprint density at radius 3 is 2.48 bits per heavy atom. The zero-order chi connectivity index (χ0) is 15.1. The van der Waals surface area contributed by atoms with Crippen LogP contribution in [0.1, 0.15) is 33.6 Å². The second kappa shape index (κ2) is 4.58. The second-order valence-corrected chi connectivity index (χ2v) is 4.77. The van der Waals surface area contributed by atoms with Gasteiger partial charge in [0.2, 0.25) is 11.8 Å². The van der Waals surface area contributed by atoms with E-state index in [0.717, 1.165) is 4.90 Å². The van der Waals surface area contributed by atoms with Gasteiger partial charge in [-0.05, 0) is 29.8 Å². The molecule has 2 aliphatic heterocycles. The van der Waals surface area contributed by atoms with E-state index in [2.05, 4.69) is 10.5 Å². The molecule has 1 fully saturated rings. The molecular weight excluding hydrogens is 278 g/mol. The maximum Gasteiger partial charge on any atom is 0.262 e. The van der Waals surface area contributed by atoms with E-state index in [-0.39, 0.29) is 29.7 Å². The number of imide groups is 2. The number of amides is 4. The van der Waals surface area contributed by atoms with Gasteiger partial charge in [0.05, 0.1) is 11.1 Å². The van der Waals surface area contributed by atoms with Crippen molar-refractivity contribution >= 4 is 29.3 Å². The number of nitrogens with zero attached hydrogens (tertiary/aromatic N) is 2. The Bertz CT molecular complexity index is 712. The maximum atomic E-state index is 12.3. The number of rotatable bonds is 2. The Morgan fingerprint density at radius 2 is 1.81 bits per heavy atom. The highest BCUT2D eigenvalue weighted by Crippen LogP contribution is 2.30. The van der Waals surface area contributed by atoms with E-state index in [9.17, 15) is 24.1 Å². The summed E-state index contributed by atoms with van der Waals surface area (Å²) in [5, 5.41) is 4.82. The molecule has 0 aliphatic carbocycles. The Balaban J connectivity index is 1.98.